The highest BCUT2D eigenvalue weighted by atomic mass is 35.5. The molecule has 1 heterocycles. The number of amides is 1. The summed E-state index contributed by atoms with van der Waals surface area (Å²) >= 11 is 0. The number of morpholine rings is 1. The second-order valence-electron chi connectivity index (χ2n) is 6.06. The lowest BCUT2D eigenvalue weighted by molar-refractivity contribution is -0.122. The van der Waals surface area contributed by atoms with E-state index in [1.165, 1.54) is 0 Å². The van der Waals surface area contributed by atoms with Gasteiger partial charge in [-0.1, -0.05) is 37.3 Å². The average molecular weight is 378 g/mol. The largest absolute Gasteiger partial charge is 0.379 e. The van der Waals surface area contributed by atoms with E-state index in [1.807, 2.05) is 30.3 Å². The van der Waals surface area contributed by atoms with Crippen molar-refractivity contribution in [3.05, 3.63) is 35.9 Å². The van der Waals surface area contributed by atoms with Crippen LogP contribution in [0.25, 0.3) is 0 Å². The van der Waals surface area contributed by atoms with Crippen LogP contribution < -0.4 is 11.1 Å². The molecule has 2 rings (SSSR count). The van der Waals surface area contributed by atoms with Gasteiger partial charge in [0.1, 0.15) is 0 Å². The third-order valence-corrected chi connectivity index (χ3v) is 3.93. The number of nitrogens with zero attached hydrogens (tertiary/aromatic N) is 1. The van der Waals surface area contributed by atoms with Gasteiger partial charge in [-0.25, -0.2) is 0 Å². The zero-order valence-corrected chi connectivity index (χ0v) is 15.8. The third-order valence-electron chi connectivity index (χ3n) is 3.93. The molecule has 138 valence electrons. The molecule has 0 aromatic heterocycles. The van der Waals surface area contributed by atoms with E-state index in [-0.39, 0.29) is 30.7 Å². The molecule has 2 atom stereocenters. The van der Waals surface area contributed by atoms with Gasteiger partial charge in [0.15, 0.2) is 0 Å². The van der Waals surface area contributed by atoms with Gasteiger partial charge in [-0.15, -0.1) is 24.8 Å². The molecule has 1 aliphatic rings. The zero-order chi connectivity index (χ0) is 15.8. The van der Waals surface area contributed by atoms with Crippen molar-refractivity contribution in [1.29, 1.82) is 0 Å². The predicted molar refractivity (Wildman–Crippen MR) is 102 cm³/mol. The first-order chi connectivity index (χ1) is 10.6. The van der Waals surface area contributed by atoms with Gasteiger partial charge in [0.05, 0.1) is 19.3 Å². The van der Waals surface area contributed by atoms with Crippen LogP contribution in [0.1, 0.15) is 12.5 Å². The summed E-state index contributed by atoms with van der Waals surface area (Å²) in [4.78, 5) is 14.5. The minimum absolute atomic E-state index is 0. The maximum absolute atomic E-state index is 12.1. The molecule has 0 spiro atoms. The molecule has 2 unspecified atom stereocenters. The van der Waals surface area contributed by atoms with Gasteiger partial charge in [0, 0.05) is 26.2 Å². The predicted octanol–water partition coefficient (Wildman–Crippen LogP) is 1.48. The number of benzene rings is 1. The Morgan fingerprint density at radius 3 is 2.50 bits per heavy atom. The van der Waals surface area contributed by atoms with Gasteiger partial charge in [-0.05, 0) is 17.9 Å². The van der Waals surface area contributed by atoms with Gasteiger partial charge >= 0.3 is 0 Å². The fourth-order valence-corrected chi connectivity index (χ4v) is 2.66. The highest BCUT2D eigenvalue weighted by molar-refractivity contribution is 5.85. The quantitative estimate of drug-likeness (QED) is 0.755. The van der Waals surface area contributed by atoms with Crippen LogP contribution >= 0.6 is 24.8 Å². The van der Waals surface area contributed by atoms with E-state index in [4.69, 9.17) is 10.5 Å². The molecule has 1 aromatic rings. The Bertz CT molecular complexity index is 456. The molecule has 0 bridgehead atoms. The Labute approximate surface area is 157 Å². The molecule has 1 saturated heterocycles. The third kappa shape index (κ3) is 8.31. The van der Waals surface area contributed by atoms with Gasteiger partial charge < -0.3 is 15.8 Å². The van der Waals surface area contributed by atoms with Crippen molar-refractivity contribution >= 4 is 30.7 Å². The monoisotopic (exact) mass is 377 g/mol. The van der Waals surface area contributed by atoms with Crippen LogP contribution in [0.4, 0.5) is 0 Å². The molecule has 5 nitrogen and oxygen atoms in total. The SMILES string of the molecule is CC(CNC(=O)C(N)Cc1ccccc1)CN1CCOCC1.Cl.Cl. The number of nitrogens with two attached hydrogens (primary N) is 1. The summed E-state index contributed by atoms with van der Waals surface area (Å²) in [6, 6.07) is 9.39. The zero-order valence-electron chi connectivity index (χ0n) is 14.1. The van der Waals surface area contributed by atoms with Crippen molar-refractivity contribution < 1.29 is 9.53 Å². The lowest BCUT2D eigenvalue weighted by atomic mass is 10.1. The number of halogens is 2. The van der Waals surface area contributed by atoms with Gasteiger partial charge in [-0.2, -0.15) is 0 Å². The molecular weight excluding hydrogens is 349 g/mol. The number of rotatable bonds is 7. The van der Waals surface area contributed by atoms with Crippen molar-refractivity contribution in [2.45, 2.75) is 19.4 Å². The average Bonchev–Trinajstić information content (AvgIpc) is 2.54. The summed E-state index contributed by atoms with van der Waals surface area (Å²) in [5.74, 6) is 0.337. The fraction of sp³-hybridized carbons (Fsp3) is 0.588. The Kier molecular flexibility index (Phi) is 12.1. The lowest BCUT2D eigenvalue weighted by Crippen LogP contribution is -2.45. The van der Waals surface area contributed by atoms with E-state index >= 15 is 0 Å². The van der Waals surface area contributed by atoms with E-state index in [2.05, 4.69) is 17.1 Å². The van der Waals surface area contributed by atoms with E-state index in [0.717, 1.165) is 38.4 Å². The van der Waals surface area contributed by atoms with Gasteiger partial charge in [-0.3, -0.25) is 9.69 Å². The van der Waals surface area contributed by atoms with Crippen LogP contribution in [0.15, 0.2) is 30.3 Å². The Morgan fingerprint density at radius 1 is 1.25 bits per heavy atom. The first kappa shape index (κ1) is 23.1. The Morgan fingerprint density at radius 2 is 1.88 bits per heavy atom. The number of carbonyl (C=O) groups is 1. The van der Waals surface area contributed by atoms with Crippen molar-refractivity contribution in [3.8, 4) is 0 Å². The topological polar surface area (TPSA) is 67.6 Å². The van der Waals surface area contributed by atoms with E-state index < -0.39 is 6.04 Å². The first-order valence-corrected chi connectivity index (χ1v) is 8.02. The minimum Gasteiger partial charge on any atom is -0.379 e. The molecular formula is C17H29Cl2N3O2. The Balaban J connectivity index is 0.00000264. The molecule has 0 aliphatic carbocycles. The molecule has 1 aliphatic heterocycles. The van der Waals surface area contributed by atoms with Crippen LogP contribution in [0.5, 0.6) is 0 Å². The Hall–Kier alpha value is -0.850. The van der Waals surface area contributed by atoms with Crippen molar-refractivity contribution in [2.75, 3.05) is 39.4 Å². The van der Waals surface area contributed by atoms with E-state index in [1.54, 1.807) is 0 Å². The maximum atomic E-state index is 12.1. The molecule has 3 N–H and O–H groups in total. The van der Waals surface area contributed by atoms with E-state index in [0.29, 0.717) is 18.9 Å². The summed E-state index contributed by atoms with van der Waals surface area (Å²) in [5, 5.41) is 2.97. The van der Waals surface area contributed by atoms with Crippen LogP contribution in [-0.2, 0) is 16.0 Å². The molecule has 0 saturated carbocycles. The van der Waals surface area contributed by atoms with Crippen LogP contribution in [0, 0.1) is 5.92 Å². The highest BCUT2D eigenvalue weighted by Gasteiger charge is 2.17. The van der Waals surface area contributed by atoms with Crippen molar-refractivity contribution in [3.63, 3.8) is 0 Å². The first-order valence-electron chi connectivity index (χ1n) is 8.02. The number of hydrogen-bond acceptors (Lipinski definition) is 4. The van der Waals surface area contributed by atoms with Crippen LogP contribution in [-0.4, -0.2) is 56.2 Å². The van der Waals surface area contributed by atoms with Crippen molar-refractivity contribution in [2.24, 2.45) is 11.7 Å². The van der Waals surface area contributed by atoms with Gasteiger partial charge in [0.2, 0.25) is 5.91 Å². The normalized spacial score (nSPS) is 17.1. The fourth-order valence-electron chi connectivity index (χ4n) is 2.66. The lowest BCUT2D eigenvalue weighted by Gasteiger charge is -2.29. The number of nitrogens with one attached hydrogen (secondary N) is 1. The molecule has 1 aromatic carbocycles. The van der Waals surface area contributed by atoms with E-state index in [9.17, 15) is 4.79 Å². The summed E-state index contributed by atoms with van der Waals surface area (Å²) in [7, 11) is 0. The molecule has 1 fully saturated rings. The number of ether oxygens (including phenoxy) is 1. The summed E-state index contributed by atoms with van der Waals surface area (Å²) in [5.41, 5.74) is 7.07. The van der Waals surface area contributed by atoms with Crippen LogP contribution in [0.3, 0.4) is 0 Å². The minimum atomic E-state index is -0.488. The molecule has 24 heavy (non-hydrogen) atoms. The summed E-state index contributed by atoms with van der Waals surface area (Å²) < 4.78 is 5.34. The number of hydrogen-bond donors (Lipinski definition) is 2. The molecule has 0 radical (unpaired) electrons. The standard InChI is InChI=1S/C17H27N3O2.2ClH/c1-14(13-20-7-9-22-10-8-20)12-19-17(21)16(18)11-15-5-3-2-4-6-15;;/h2-6,14,16H,7-13,18H2,1H3,(H,19,21);2*1H. The highest BCUT2D eigenvalue weighted by Crippen LogP contribution is 2.04. The van der Waals surface area contributed by atoms with Crippen molar-refractivity contribution in [1.82, 2.24) is 10.2 Å². The molecule has 1 amide bonds. The maximum Gasteiger partial charge on any atom is 0.237 e. The summed E-state index contributed by atoms with van der Waals surface area (Å²) in [6.07, 6.45) is 0.574. The number of carbonyl (C=O) groups excluding carboxylic acids is 1. The molecule has 7 heteroatoms. The summed E-state index contributed by atoms with van der Waals surface area (Å²) in [6.45, 7) is 7.37. The van der Waals surface area contributed by atoms with Crippen LogP contribution in [0.2, 0.25) is 0 Å². The van der Waals surface area contributed by atoms with Gasteiger partial charge in [0.25, 0.3) is 0 Å². The smallest absolute Gasteiger partial charge is 0.237 e. The second kappa shape index (κ2) is 12.5. The second-order valence-corrected chi connectivity index (χ2v) is 6.06.